The first-order valence-corrected chi connectivity index (χ1v) is 5.39. The van der Waals surface area contributed by atoms with Gasteiger partial charge in [0.05, 0.1) is 0 Å². The molecule has 0 amide bonds. The second-order valence-electron chi connectivity index (χ2n) is 3.23. The highest BCUT2D eigenvalue weighted by Gasteiger charge is 2.49. The zero-order valence-electron chi connectivity index (χ0n) is 11.1. The van der Waals surface area contributed by atoms with Gasteiger partial charge in [0.25, 0.3) is 0 Å². The van der Waals surface area contributed by atoms with Crippen LogP contribution in [0.1, 0.15) is 26.7 Å². The van der Waals surface area contributed by atoms with Gasteiger partial charge in [0.15, 0.2) is 0 Å². The summed E-state index contributed by atoms with van der Waals surface area (Å²) in [4.78, 5) is 40.0. The molecule has 6 nitrogen and oxygen atoms in total. The van der Waals surface area contributed by atoms with E-state index < -0.39 is 36.2 Å². The molecule has 0 saturated carbocycles. The molecule has 0 aromatic rings. The average Bonchev–Trinajstić information content (AvgIpc) is 2.36. The van der Waals surface area contributed by atoms with Crippen molar-refractivity contribution >= 4 is 23.9 Å². The van der Waals surface area contributed by atoms with Crippen LogP contribution in [-0.2, 0) is 28.7 Å². The Labute approximate surface area is 119 Å². The van der Waals surface area contributed by atoms with Crippen LogP contribution in [0.2, 0.25) is 0 Å². The molecule has 0 aromatic carbocycles. The number of hydrogen-bond acceptors (Lipinski definition) is 6. The number of hydrogen-bond donors (Lipinski definition) is 0. The van der Waals surface area contributed by atoms with E-state index in [0.717, 1.165) is 0 Å². The first-order chi connectivity index (χ1) is 9.75. The third kappa shape index (κ3) is 10.6. The van der Waals surface area contributed by atoms with Gasteiger partial charge in [-0.25, -0.2) is 9.59 Å². The molecule has 0 aliphatic carbocycles. The highest BCUT2D eigenvalue weighted by Crippen LogP contribution is 2.21. The molecule has 0 aliphatic rings. The molecule has 0 fully saturated rings. The molecule has 0 rings (SSSR count). The molecule has 0 unspecified atom stereocenters. The Morgan fingerprint density at radius 1 is 0.682 bits per heavy atom. The summed E-state index contributed by atoms with van der Waals surface area (Å²) >= 11 is 0. The van der Waals surface area contributed by atoms with E-state index in [2.05, 4.69) is 9.47 Å². The maximum absolute atomic E-state index is 11.2. The van der Waals surface area contributed by atoms with Crippen LogP contribution in [0, 0.1) is 0 Å². The topological polar surface area (TPSA) is 86.7 Å². The fourth-order valence-corrected chi connectivity index (χ4v) is 0.471. The lowest BCUT2D eigenvalue weighted by atomic mass is 10.5. The van der Waals surface area contributed by atoms with Gasteiger partial charge in [-0.3, -0.25) is 9.59 Å². The number of carbonyl (C=O) groups is 4. The van der Waals surface area contributed by atoms with Crippen molar-refractivity contribution in [1.29, 1.82) is 0 Å². The van der Waals surface area contributed by atoms with E-state index in [4.69, 9.17) is 0 Å². The van der Waals surface area contributed by atoms with E-state index in [1.54, 1.807) is 13.8 Å². The standard InChI is InChI=1S/C6H10O3.C4F6O3/c1-3-5(7)9-6(8)4-2;5-3(6,7)1(11)13-2(12)4(8,9)10/h3-4H2,1-2H3;. The molecular weight excluding hydrogens is 330 g/mol. The Balaban J connectivity index is 0. The molecular formula is C10H10F6O6. The largest absolute Gasteiger partial charge is 0.491 e. The van der Waals surface area contributed by atoms with E-state index in [1.807, 2.05) is 0 Å². The van der Waals surface area contributed by atoms with Gasteiger partial charge in [-0.05, 0) is 0 Å². The lowest BCUT2D eigenvalue weighted by Gasteiger charge is -2.06. The minimum Gasteiger partial charge on any atom is -0.393 e. The summed E-state index contributed by atoms with van der Waals surface area (Å²) in [7, 11) is 0. The summed E-state index contributed by atoms with van der Waals surface area (Å²) in [5.74, 6) is -7.31. The molecule has 22 heavy (non-hydrogen) atoms. The Kier molecular flexibility index (Phi) is 9.06. The molecule has 0 aromatic heterocycles. The molecule has 128 valence electrons. The Morgan fingerprint density at radius 2 is 0.955 bits per heavy atom. The van der Waals surface area contributed by atoms with Crippen molar-refractivity contribution in [2.45, 2.75) is 39.0 Å². The summed E-state index contributed by atoms with van der Waals surface area (Å²) < 4.78 is 73.9. The molecule has 12 heteroatoms. The predicted molar refractivity (Wildman–Crippen MR) is 54.9 cm³/mol. The van der Waals surface area contributed by atoms with Gasteiger partial charge in [0.1, 0.15) is 0 Å². The van der Waals surface area contributed by atoms with E-state index in [-0.39, 0.29) is 12.8 Å². The van der Waals surface area contributed by atoms with Crippen LogP contribution in [0.4, 0.5) is 26.3 Å². The van der Waals surface area contributed by atoms with Crippen LogP contribution in [0.25, 0.3) is 0 Å². The lowest BCUT2D eigenvalue weighted by Crippen LogP contribution is -2.34. The number of esters is 4. The van der Waals surface area contributed by atoms with E-state index >= 15 is 0 Å². The zero-order valence-corrected chi connectivity index (χ0v) is 11.1. The van der Waals surface area contributed by atoms with Gasteiger partial charge in [-0.15, -0.1) is 0 Å². The maximum Gasteiger partial charge on any atom is 0.491 e. The number of halogens is 6. The van der Waals surface area contributed by atoms with Crippen LogP contribution in [-0.4, -0.2) is 36.2 Å². The third-order valence-electron chi connectivity index (χ3n) is 1.45. The fraction of sp³-hybridized carbons (Fsp3) is 0.600. The summed E-state index contributed by atoms with van der Waals surface area (Å²) in [6.45, 7) is 3.29. The molecule has 0 radical (unpaired) electrons. The molecule has 0 N–H and O–H groups in total. The Morgan fingerprint density at radius 3 is 1.14 bits per heavy atom. The van der Waals surface area contributed by atoms with E-state index in [0.29, 0.717) is 0 Å². The Hall–Kier alpha value is -2.14. The van der Waals surface area contributed by atoms with Crippen molar-refractivity contribution in [3.63, 3.8) is 0 Å². The molecule has 0 aliphatic heterocycles. The minimum absolute atomic E-state index is 0.256. The van der Waals surface area contributed by atoms with E-state index in [9.17, 15) is 45.5 Å². The van der Waals surface area contributed by atoms with Crippen LogP contribution in [0.15, 0.2) is 0 Å². The quantitative estimate of drug-likeness (QED) is 0.434. The second kappa shape index (κ2) is 9.00. The van der Waals surface area contributed by atoms with Gasteiger partial charge in [-0.2, -0.15) is 26.3 Å². The first kappa shape index (κ1) is 22.1. The summed E-state index contributed by atoms with van der Waals surface area (Å²) in [6.07, 6.45) is -10.7. The number of carbonyl (C=O) groups excluding carboxylic acids is 4. The van der Waals surface area contributed by atoms with Crippen LogP contribution >= 0.6 is 0 Å². The van der Waals surface area contributed by atoms with Gasteiger partial charge in [0.2, 0.25) is 0 Å². The van der Waals surface area contributed by atoms with Crippen molar-refractivity contribution < 1.29 is 55.0 Å². The minimum atomic E-state index is -5.62. The van der Waals surface area contributed by atoms with Crippen molar-refractivity contribution in [3.8, 4) is 0 Å². The predicted octanol–water partition coefficient (Wildman–Crippen LogP) is 2.06. The summed E-state index contributed by atoms with van der Waals surface area (Å²) in [5.41, 5.74) is 0. The highest BCUT2D eigenvalue weighted by atomic mass is 19.4. The SMILES string of the molecule is CCC(=O)OC(=O)CC.O=C(OC(=O)C(F)(F)F)C(F)(F)F. The van der Waals surface area contributed by atoms with Gasteiger partial charge in [0, 0.05) is 12.8 Å². The maximum atomic E-state index is 11.2. The monoisotopic (exact) mass is 340 g/mol. The lowest BCUT2D eigenvalue weighted by molar-refractivity contribution is -0.221. The molecule has 0 heterocycles. The van der Waals surface area contributed by atoms with Crippen molar-refractivity contribution in [2.75, 3.05) is 0 Å². The normalized spacial score (nSPS) is 10.9. The van der Waals surface area contributed by atoms with Gasteiger partial charge < -0.3 is 9.47 Å². The average molecular weight is 340 g/mol. The number of rotatable bonds is 2. The smallest absolute Gasteiger partial charge is 0.393 e. The fourth-order valence-electron chi connectivity index (χ4n) is 0.471. The van der Waals surface area contributed by atoms with Crippen LogP contribution < -0.4 is 0 Å². The Bertz CT molecular complexity index is 387. The van der Waals surface area contributed by atoms with Crippen molar-refractivity contribution in [1.82, 2.24) is 0 Å². The van der Waals surface area contributed by atoms with Crippen LogP contribution in [0.3, 0.4) is 0 Å². The van der Waals surface area contributed by atoms with Crippen LogP contribution in [0.5, 0.6) is 0 Å². The van der Waals surface area contributed by atoms with Crippen molar-refractivity contribution in [2.24, 2.45) is 0 Å². The molecule has 0 saturated heterocycles. The molecule has 0 bridgehead atoms. The van der Waals surface area contributed by atoms with Gasteiger partial charge >= 0.3 is 36.2 Å². The molecule has 0 atom stereocenters. The van der Waals surface area contributed by atoms with Gasteiger partial charge in [-0.1, -0.05) is 13.8 Å². The van der Waals surface area contributed by atoms with Crippen molar-refractivity contribution in [3.05, 3.63) is 0 Å². The number of alkyl halides is 6. The molecule has 0 spiro atoms. The second-order valence-corrected chi connectivity index (χ2v) is 3.23. The first-order valence-electron chi connectivity index (χ1n) is 5.39. The van der Waals surface area contributed by atoms with E-state index in [1.165, 1.54) is 0 Å². The number of ether oxygens (including phenoxy) is 2. The third-order valence-corrected chi connectivity index (χ3v) is 1.45. The summed E-state index contributed by atoms with van der Waals surface area (Å²) in [6, 6.07) is 0. The highest BCUT2D eigenvalue weighted by molar-refractivity contribution is 5.90. The zero-order chi connectivity index (χ0) is 18.1. The summed E-state index contributed by atoms with van der Waals surface area (Å²) in [5, 5.41) is 0.